The number of piperidine rings is 1. The third-order valence-electron chi connectivity index (χ3n) is 7.40. The summed E-state index contributed by atoms with van der Waals surface area (Å²) in [5.41, 5.74) is 0.119. The van der Waals surface area contributed by atoms with E-state index in [9.17, 15) is 23.1 Å². The Morgan fingerprint density at radius 2 is 1.77 bits per heavy atom. The van der Waals surface area contributed by atoms with Crippen LogP contribution in [-0.2, 0) is 21.9 Å². The molecule has 0 spiro atoms. The van der Waals surface area contributed by atoms with Crippen LogP contribution in [0.5, 0.6) is 0 Å². The lowest BCUT2D eigenvalue weighted by molar-refractivity contribution is -0.124. The fourth-order valence-corrected chi connectivity index (χ4v) is 7.50. The molecule has 2 aromatic rings. The molecule has 2 fully saturated rings. The maximum Gasteiger partial charge on any atom is 0.348 e. The van der Waals surface area contributed by atoms with Crippen molar-refractivity contribution in [3.05, 3.63) is 28.3 Å². The number of aromatic nitrogens is 2. The fourth-order valence-electron chi connectivity index (χ4n) is 5.22. The zero-order chi connectivity index (χ0) is 28.5. The highest BCUT2D eigenvalue weighted by atomic mass is 32.2. The van der Waals surface area contributed by atoms with Gasteiger partial charge in [-0.05, 0) is 71.3 Å². The minimum absolute atomic E-state index is 0.000713. The van der Waals surface area contributed by atoms with Crippen LogP contribution in [0, 0.1) is 29.1 Å². The van der Waals surface area contributed by atoms with Gasteiger partial charge >= 0.3 is 5.97 Å². The van der Waals surface area contributed by atoms with Crippen molar-refractivity contribution in [2.75, 3.05) is 18.0 Å². The molecule has 1 aliphatic carbocycles. The van der Waals surface area contributed by atoms with Crippen LogP contribution < -0.4 is 4.90 Å². The van der Waals surface area contributed by atoms with Crippen LogP contribution in [0.4, 0.5) is 5.69 Å². The van der Waals surface area contributed by atoms with E-state index in [-0.39, 0.29) is 46.3 Å². The Hall–Kier alpha value is -2.68. The molecule has 1 aliphatic heterocycles. The SMILES string of the molecule is Cn1cnc(S(=O)(=O)N2CCC(N(c3cc(C#CC(C)(C)C)sc3C(=O)O)C(=O)[C@H]3CC[C@H](C)CC3)CC2)c1. The van der Waals surface area contributed by atoms with E-state index in [1.807, 2.05) is 20.8 Å². The first-order valence-corrected chi connectivity index (χ1v) is 15.7. The number of thiophene rings is 1. The standard InChI is InChI=1S/C28H38N4O5S2/c1-19-6-8-20(9-7-19)26(33)32(23-16-22(10-13-28(2,3)4)38-25(23)27(34)35)21-11-14-31(15-12-21)39(36,37)24-17-30(5)18-29-24/h16-21H,6-9,11-12,14-15H2,1-5H3,(H,34,35)/t19-,20-. The second-order valence-corrected chi connectivity index (χ2v) is 14.7. The first kappa shape index (κ1) is 29.3. The number of imidazole rings is 1. The van der Waals surface area contributed by atoms with Gasteiger partial charge in [-0.1, -0.05) is 18.8 Å². The third-order valence-corrected chi connectivity index (χ3v) is 10.2. The van der Waals surface area contributed by atoms with E-state index in [0.29, 0.717) is 29.3 Å². The van der Waals surface area contributed by atoms with Gasteiger partial charge in [0.1, 0.15) is 4.88 Å². The Labute approximate surface area is 235 Å². The second-order valence-electron chi connectivity index (χ2n) is 11.8. The van der Waals surface area contributed by atoms with Gasteiger partial charge in [-0.2, -0.15) is 4.31 Å². The summed E-state index contributed by atoms with van der Waals surface area (Å²) >= 11 is 1.09. The Balaban J connectivity index is 1.66. The highest BCUT2D eigenvalue weighted by Gasteiger charge is 2.39. The quantitative estimate of drug-likeness (QED) is 0.505. The van der Waals surface area contributed by atoms with Crippen molar-refractivity contribution in [1.82, 2.24) is 13.9 Å². The zero-order valence-electron chi connectivity index (χ0n) is 23.3. The van der Waals surface area contributed by atoms with E-state index in [2.05, 4.69) is 23.7 Å². The number of aromatic carboxylic acids is 1. The van der Waals surface area contributed by atoms with E-state index in [0.717, 1.165) is 37.0 Å². The molecule has 2 aliphatic rings. The average Bonchev–Trinajstić information content (AvgIpc) is 3.50. The Morgan fingerprint density at radius 1 is 1.13 bits per heavy atom. The molecule has 0 unspecified atom stereocenters. The number of amides is 1. The molecule has 3 heterocycles. The highest BCUT2D eigenvalue weighted by molar-refractivity contribution is 7.89. The van der Waals surface area contributed by atoms with Crippen LogP contribution in [0.3, 0.4) is 0 Å². The molecule has 0 radical (unpaired) electrons. The average molecular weight is 575 g/mol. The third kappa shape index (κ3) is 6.73. The van der Waals surface area contributed by atoms with E-state index in [4.69, 9.17) is 0 Å². The number of carbonyl (C=O) groups excluding carboxylic acids is 1. The lowest BCUT2D eigenvalue weighted by Crippen LogP contribution is -2.51. The van der Waals surface area contributed by atoms with Gasteiger partial charge in [0.05, 0.1) is 16.9 Å². The monoisotopic (exact) mass is 574 g/mol. The molecule has 0 aromatic carbocycles. The summed E-state index contributed by atoms with van der Waals surface area (Å²) in [6, 6.07) is 1.41. The van der Waals surface area contributed by atoms with Crippen molar-refractivity contribution in [3.63, 3.8) is 0 Å². The predicted molar refractivity (Wildman–Crippen MR) is 151 cm³/mol. The number of carboxylic acid groups (broad SMARTS) is 1. The molecule has 212 valence electrons. The van der Waals surface area contributed by atoms with Crippen molar-refractivity contribution in [1.29, 1.82) is 0 Å². The molecule has 1 saturated carbocycles. The Morgan fingerprint density at radius 3 is 2.31 bits per heavy atom. The number of rotatable bonds is 6. The number of hydrogen-bond donors (Lipinski definition) is 1. The number of nitrogens with zero attached hydrogens (tertiary/aromatic N) is 4. The summed E-state index contributed by atoms with van der Waals surface area (Å²) in [6.45, 7) is 8.59. The number of hydrogen-bond acceptors (Lipinski definition) is 6. The minimum atomic E-state index is -3.75. The second kappa shape index (κ2) is 11.4. The van der Waals surface area contributed by atoms with Gasteiger partial charge in [0.2, 0.25) is 5.91 Å². The molecular formula is C28H38N4O5S2. The number of carboxylic acids is 1. The van der Waals surface area contributed by atoms with Crippen molar-refractivity contribution < 1.29 is 23.1 Å². The Bertz CT molecular complexity index is 1380. The molecule has 1 N–H and O–H groups in total. The number of sulfonamides is 1. The van der Waals surface area contributed by atoms with E-state index in [1.54, 1.807) is 22.6 Å². The van der Waals surface area contributed by atoms with Crippen molar-refractivity contribution in [2.45, 2.75) is 77.3 Å². The normalized spacial score (nSPS) is 21.3. The maximum absolute atomic E-state index is 14.1. The number of carbonyl (C=O) groups is 2. The number of anilines is 1. The zero-order valence-corrected chi connectivity index (χ0v) is 24.9. The van der Waals surface area contributed by atoms with Gasteiger partial charge in [-0.25, -0.2) is 18.2 Å². The molecular weight excluding hydrogens is 536 g/mol. The molecule has 39 heavy (non-hydrogen) atoms. The van der Waals surface area contributed by atoms with Gasteiger partial charge in [-0.15, -0.1) is 11.3 Å². The largest absolute Gasteiger partial charge is 0.477 e. The minimum Gasteiger partial charge on any atom is -0.477 e. The summed E-state index contributed by atoms with van der Waals surface area (Å²) in [6.07, 6.45) is 7.20. The summed E-state index contributed by atoms with van der Waals surface area (Å²) in [4.78, 5) is 32.8. The number of aryl methyl sites for hydroxylation is 1. The first-order chi connectivity index (χ1) is 18.3. The van der Waals surface area contributed by atoms with Crippen LogP contribution in [0.2, 0.25) is 0 Å². The van der Waals surface area contributed by atoms with E-state index >= 15 is 0 Å². The smallest absolute Gasteiger partial charge is 0.348 e. The Kier molecular flexibility index (Phi) is 8.59. The van der Waals surface area contributed by atoms with Crippen molar-refractivity contribution in [3.8, 4) is 11.8 Å². The molecule has 1 amide bonds. The summed E-state index contributed by atoms with van der Waals surface area (Å²) < 4.78 is 29.3. The van der Waals surface area contributed by atoms with Gasteiger partial charge in [0, 0.05) is 43.7 Å². The molecule has 11 heteroatoms. The molecule has 4 rings (SSSR count). The first-order valence-electron chi connectivity index (χ1n) is 13.5. The molecule has 1 saturated heterocycles. The van der Waals surface area contributed by atoms with Crippen LogP contribution in [0.1, 0.15) is 80.8 Å². The van der Waals surface area contributed by atoms with E-state index in [1.165, 1.54) is 16.8 Å². The molecule has 9 nitrogen and oxygen atoms in total. The lowest BCUT2D eigenvalue weighted by atomic mass is 9.82. The van der Waals surface area contributed by atoms with Gasteiger partial charge < -0.3 is 14.6 Å². The van der Waals surface area contributed by atoms with Crippen LogP contribution >= 0.6 is 11.3 Å². The van der Waals surface area contributed by atoms with Crippen molar-refractivity contribution >= 4 is 38.9 Å². The lowest BCUT2D eigenvalue weighted by Gasteiger charge is -2.40. The predicted octanol–water partition coefficient (Wildman–Crippen LogP) is 4.59. The summed E-state index contributed by atoms with van der Waals surface area (Å²) in [5.74, 6) is 5.49. The van der Waals surface area contributed by atoms with Crippen LogP contribution in [0.15, 0.2) is 23.6 Å². The van der Waals surface area contributed by atoms with Crippen LogP contribution in [0.25, 0.3) is 0 Å². The van der Waals surface area contributed by atoms with Gasteiger partial charge in [0.15, 0.2) is 5.03 Å². The molecule has 2 aromatic heterocycles. The van der Waals surface area contributed by atoms with Crippen LogP contribution in [-0.4, -0.2) is 58.4 Å². The molecule has 0 atom stereocenters. The summed E-state index contributed by atoms with van der Waals surface area (Å²) in [7, 11) is -2.04. The van der Waals surface area contributed by atoms with E-state index < -0.39 is 16.0 Å². The summed E-state index contributed by atoms with van der Waals surface area (Å²) in [5, 5.41) is 10.1. The highest BCUT2D eigenvalue weighted by Crippen LogP contribution is 2.38. The van der Waals surface area contributed by atoms with Crippen molar-refractivity contribution in [2.24, 2.45) is 24.3 Å². The van der Waals surface area contributed by atoms with Gasteiger partial charge in [-0.3, -0.25) is 4.79 Å². The topological polar surface area (TPSA) is 113 Å². The fraction of sp³-hybridized carbons (Fsp3) is 0.607. The molecule has 0 bridgehead atoms. The van der Waals surface area contributed by atoms with Gasteiger partial charge in [0.25, 0.3) is 10.0 Å². The maximum atomic E-state index is 14.1.